The number of methoxy groups -OCH3 is 1. The molecule has 5 rings (SSSR count). The van der Waals surface area contributed by atoms with Gasteiger partial charge in [0.25, 0.3) is 5.91 Å². The third-order valence-electron chi connectivity index (χ3n) is 9.07. The van der Waals surface area contributed by atoms with Crippen LogP contribution in [0.25, 0.3) is 10.9 Å². The van der Waals surface area contributed by atoms with E-state index in [1.165, 1.54) is 11.0 Å². The van der Waals surface area contributed by atoms with E-state index < -0.39 is 79.7 Å². The molecule has 15 heteroatoms. The highest BCUT2D eigenvalue weighted by Crippen LogP contribution is 2.45. The molecule has 14 nitrogen and oxygen atoms in total. The van der Waals surface area contributed by atoms with E-state index >= 15 is 0 Å². The largest absolute Gasteiger partial charge is 0.497 e. The Bertz CT molecular complexity index is 1800. The van der Waals surface area contributed by atoms with E-state index in [0.717, 1.165) is 0 Å². The van der Waals surface area contributed by atoms with E-state index in [1.807, 2.05) is 0 Å². The molecule has 2 saturated carbocycles. The summed E-state index contributed by atoms with van der Waals surface area (Å²) >= 11 is 0. The number of alkyl carbamates (subject to hydrolysis) is 1. The van der Waals surface area contributed by atoms with Crippen molar-refractivity contribution in [3.63, 3.8) is 0 Å². The van der Waals surface area contributed by atoms with Crippen LogP contribution >= 0.6 is 0 Å². The normalized spacial score (nSPS) is 24.1. The summed E-state index contributed by atoms with van der Waals surface area (Å²) in [6, 6.07) is 4.78. The predicted octanol–water partition coefficient (Wildman–Crippen LogP) is 3.20. The number of pyridine rings is 1. The number of carbonyl (C=O) groups excluding carboxylic acids is 4. The van der Waals surface area contributed by atoms with Gasteiger partial charge in [0.1, 0.15) is 40.8 Å². The van der Waals surface area contributed by atoms with Gasteiger partial charge in [0.15, 0.2) is 0 Å². The molecule has 1 saturated heterocycles. The van der Waals surface area contributed by atoms with Gasteiger partial charge in [0.2, 0.25) is 21.8 Å². The van der Waals surface area contributed by atoms with Crippen molar-refractivity contribution in [2.45, 2.75) is 102 Å². The van der Waals surface area contributed by atoms with Gasteiger partial charge in [-0.1, -0.05) is 26.8 Å². The first kappa shape index (κ1) is 36.9. The molecule has 2 aliphatic carbocycles. The van der Waals surface area contributed by atoms with E-state index in [9.17, 15) is 27.6 Å². The van der Waals surface area contributed by atoms with E-state index in [2.05, 4.69) is 26.9 Å². The Kier molecular flexibility index (Phi) is 9.87. The molecule has 3 fully saturated rings. The number of hydrogen-bond acceptors (Lipinski definition) is 10. The summed E-state index contributed by atoms with van der Waals surface area (Å²) in [5.41, 5.74) is -2.56. The van der Waals surface area contributed by atoms with Gasteiger partial charge in [-0.15, -0.1) is 6.58 Å². The van der Waals surface area contributed by atoms with Crippen LogP contribution in [-0.4, -0.2) is 90.3 Å². The number of sulfonamides is 1. The van der Waals surface area contributed by atoms with E-state index in [0.29, 0.717) is 35.2 Å². The fourth-order valence-corrected chi connectivity index (χ4v) is 7.51. The Balaban J connectivity index is 1.44. The predicted molar refractivity (Wildman–Crippen MR) is 185 cm³/mol. The number of rotatable bonds is 11. The Labute approximate surface area is 292 Å². The van der Waals surface area contributed by atoms with Crippen LogP contribution in [0.3, 0.4) is 0 Å². The third-order valence-corrected chi connectivity index (χ3v) is 10.9. The van der Waals surface area contributed by atoms with Crippen molar-refractivity contribution < 1.29 is 41.8 Å². The van der Waals surface area contributed by atoms with Crippen LogP contribution in [0.4, 0.5) is 4.79 Å². The number of benzene rings is 1. The van der Waals surface area contributed by atoms with Crippen LogP contribution in [-0.2, 0) is 29.1 Å². The van der Waals surface area contributed by atoms with E-state index in [4.69, 9.17) is 14.2 Å². The van der Waals surface area contributed by atoms with Gasteiger partial charge >= 0.3 is 6.09 Å². The van der Waals surface area contributed by atoms with Crippen LogP contribution in [0, 0.1) is 11.3 Å². The molecule has 2 aromatic rings. The first-order valence-corrected chi connectivity index (χ1v) is 18.2. The third kappa shape index (κ3) is 7.98. The Morgan fingerprint density at radius 3 is 2.38 bits per heavy atom. The summed E-state index contributed by atoms with van der Waals surface area (Å²) in [4.78, 5) is 60.7. The van der Waals surface area contributed by atoms with E-state index in [1.54, 1.807) is 79.1 Å². The van der Waals surface area contributed by atoms with Crippen molar-refractivity contribution >= 4 is 44.7 Å². The van der Waals surface area contributed by atoms with Gasteiger partial charge in [0, 0.05) is 30.0 Å². The number of likely N-dealkylation sites (tertiary alicyclic amines) is 1. The standard InChI is InChI=1S/C35H47N5O9S/c1-9-20-18-35(20,31(43)39-50(45,46)23-11-12-23)38-29(41)26-17-22(48-27-14-15-36-25-16-21(47-8)10-13-24(25)27)19-40(26)30(42)28(33(2,3)4)37-32(44)49-34(5,6)7/h9-10,13-16,20,22-23,26,28H,1,11-12,17-19H2,2-8H3,(H,37,44)(H,38,41)(H,39,43)/t20-,22-,26+,28-,35?/m1/s1. The van der Waals surface area contributed by atoms with Crippen molar-refractivity contribution in [2.75, 3.05) is 13.7 Å². The minimum Gasteiger partial charge on any atom is -0.497 e. The van der Waals surface area contributed by atoms with Crippen LogP contribution in [0.5, 0.6) is 11.5 Å². The minimum absolute atomic E-state index is 0.0282. The number of nitrogens with zero attached hydrogens (tertiary/aromatic N) is 2. The molecule has 2 heterocycles. The van der Waals surface area contributed by atoms with Crippen LogP contribution in [0.1, 0.15) is 67.2 Å². The van der Waals surface area contributed by atoms with Gasteiger partial charge in [-0.25, -0.2) is 13.2 Å². The SMILES string of the molecule is C=C[C@@H]1CC1(NC(=O)[C@@H]1C[C@@H](Oc2ccnc3cc(OC)ccc23)CN1C(=O)[C@@H](NC(=O)OC(C)(C)C)C(C)(C)C)C(=O)NS(=O)(=O)C1CC1. The summed E-state index contributed by atoms with van der Waals surface area (Å²) < 4.78 is 44.7. The maximum Gasteiger partial charge on any atom is 0.408 e. The molecule has 272 valence electrons. The van der Waals surface area contributed by atoms with Crippen molar-refractivity contribution in [2.24, 2.45) is 11.3 Å². The zero-order valence-electron chi connectivity index (χ0n) is 29.6. The molecule has 1 aliphatic heterocycles. The maximum absolute atomic E-state index is 14.4. The fourth-order valence-electron chi connectivity index (χ4n) is 6.14. The molecule has 0 spiro atoms. The van der Waals surface area contributed by atoms with Crippen LogP contribution < -0.4 is 24.8 Å². The maximum atomic E-state index is 14.4. The number of nitrogens with one attached hydrogen (secondary N) is 3. The highest BCUT2D eigenvalue weighted by molar-refractivity contribution is 7.91. The molecule has 3 aliphatic rings. The number of aromatic nitrogens is 1. The number of amides is 4. The molecule has 0 bridgehead atoms. The molecule has 1 aromatic carbocycles. The Morgan fingerprint density at radius 2 is 1.80 bits per heavy atom. The molecular weight excluding hydrogens is 666 g/mol. The zero-order chi connectivity index (χ0) is 36.8. The zero-order valence-corrected chi connectivity index (χ0v) is 30.4. The highest BCUT2D eigenvalue weighted by atomic mass is 32.2. The van der Waals surface area contributed by atoms with Gasteiger partial charge in [-0.3, -0.25) is 24.1 Å². The molecule has 1 aromatic heterocycles. The lowest BCUT2D eigenvalue weighted by Gasteiger charge is -2.36. The van der Waals surface area contributed by atoms with Gasteiger partial charge in [0.05, 0.1) is 24.4 Å². The lowest BCUT2D eigenvalue weighted by molar-refractivity contribution is -0.143. The number of carbonyl (C=O) groups is 4. The Hall–Kier alpha value is -4.40. The van der Waals surface area contributed by atoms with Crippen molar-refractivity contribution in [3.05, 3.63) is 43.1 Å². The topological polar surface area (TPSA) is 182 Å². The summed E-state index contributed by atoms with van der Waals surface area (Å²) in [7, 11) is -2.34. The average molecular weight is 714 g/mol. The average Bonchev–Trinajstić information content (AvgIpc) is 3.95. The lowest BCUT2D eigenvalue weighted by Crippen LogP contribution is -2.60. The lowest BCUT2D eigenvalue weighted by atomic mass is 9.85. The minimum atomic E-state index is -3.89. The first-order valence-electron chi connectivity index (χ1n) is 16.7. The second-order valence-electron chi connectivity index (χ2n) is 15.3. The quantitative estimate of drug-likeness (QED) is 0.293. The molecular formula is C35H47N5O9S. The Morgan fingerprint density at radius 1 is 1.10 bits per heavy atom. The van der Waals surface area contributed by atoms with Crippen molar-refractivity contribution in [1.29, 1.82) is 0 Å². The first-order chi connectivity index (χ1) is 23.3. The molecule has 0 radical (unpaired) electrons. The van der Waals surface area contributed by atoms with Crippen LogP contribution in [0.2, 0.25) is 0 Å². The summed E-state index contributed by atoms with van der Waals surface area (Å²) in [5.74, 6) is -1.49. The summed E-state index contributed by atoms with van der Waals surface area (Å²) in [6.45, 7) is 14.2. The van der Waals surface area contributed by atoms with Gasteiger partial charge in [-0.05, 0) is 63.6 Å². The molecule has 4 amide bonds. The number of fused-ring (bicyclic) bond motifs is 1. The molecule has 5 atom stereocenters. The molecule has 50 heavy (non-hydrogen) atoms. The molecule has 3 N–H and O–H groups in total. The van der Waals surface area contributed by atoms with Crippen molar-refractivity contribution in [3.8, 4) is 11.5 Å². The summed E-state index contributed by atoms with van der Waals surface area (Å²) in [5, 5.41) is 5.53. The van der Waals surface area contributed by atoms with Crippen LogP contribution in [0.15, 0.2) is 43.1 Å². The second kappa shape index (κ2) is 13.4. The molecule has 1 unspecified atom stereocenters. The fraction of sp³-hybridized carbons (Fsp3) is 0.571. The second-order valence-corrected chi connectivity index (χ2v) is 17.3. The monoisotopic (exact) mass is 713 g/mol. The number of ether oxygens (including phenoxy) is 3. The van der Waals surface area contributed by atoms with Gasteiger partial charge in [-0.2, -0.15) is 0 Å². The van der Waals surface area contributed by atoms with Gasteiger partial charge < -0.3 is 29.7 Å². The van der Waals surface area contributed by atoms with E-state index in [-0.39, 0.29) is 19.4 Å². The van der Waals surface area contributed by atoms with Crippen molar-refractivity contribution in [1.82, 2.24) is 25.2 Å². The smallest absolute Gasteiger partial charge is 0.408 e. The summed E-state index contributed by atoms with van der Waals surface area (Å²) in [6.07, 6.45) is 2.71. The highest BCUT2D eigenvalue weighted by Gasteiger charge is 2.62. The number of hydrogen-bond donors (Lipinski definition) is 3.